The van der Waals surface area contributed by atoms with Gasteiger partial charge in [-0.25, -0.2) is 0 Å². The molecule has 4 nitrogen and oxygen atoms in total. The van der Waals surface area contributed by atoms with Gasteiger partial charge in [-0.3, -0.25) is 4.79 Å². The number of benzene rings is 1. The number of carbonyl (C=O) groups is 1. The largest absolute Gasteiger partial charge is 0.396 e. The van der Waals surface area contributed by atoms with Crippen LogP contribution in [0, 0.1) is 22.7 Å². The van der Waals surface area contributed by atoms with Gasteiger partial charge in [0.05, 0.1) is 12.7 Å². The second kappa shape index (κ2) is 7.21. The Morgan fingerprint density at radius 3 is 2.81 bits per heavy atom. The van der Waals surface area contributed by atoms with Crippen LogP contribution in [-0.2, 0) is 16.0 Å². The van der Waals surface area contributed by atoms with Crippen molar-refractivity contribution in [2.75, 3.05) is 13.2 Å². The maximum Gasteiger partial charge on any atom is 0.222 e. The summed E-state index contributed by atoms with van der Waals surface area (Å²) in [6, 6.07) is 10.8. The molecule has 0 radical (unpaired) electrons. The molecule has 2 saturated carbocycles. The van der Waals surface area contributed by atoms with Gasteiger partial charge in [0, 0.05) is 19.1 Å². The Hall–Kier alpha value is -1.39. The number of aliphatic hydroxyl groups excluding tert-OH is 1. The van der Waals surface area contributed by atoms with Crippen molar-refractivity contribution in [1.82, 2.24) is 5.32 Å². The van der Waals surface area contributed by atoms with Gasteiger partial charge in [0.1, 0.15) is 0 Å². The van der Waals surface area contributed by atoms with Crippen molar-refractivity contribution in [2.24, 2.45) is 22.7 Å². The van der Waals surface area contributed by atoms with Gasteiger partial charge in [0.15, 0.2) is 0 Å². The molecule has 2 N–H and O–H groups in total. The van der Waals surface area contributed by atoms with Gasteiger partial charge >= 0.3 is 0 Å². The van der Waals surface area contributed by atoms with Crippen LogP contribution >= 0.6 is 0 Å². The summed E-state index contributed by atoms with van der Waals surface area (Å²) in [6.45, 7) is 5.36. The number of fused-ring (bicyclic) bond motifs is 1. The summed E-state index contributed by atoms with van der Waals surface area (Å²) in [7, 11) is 0. The molecule has 1 saturated heterocycles. The molecule has 4 heteroatoms. The lowest BCUT2D eigenvalue weighted by Gasteiger charge is -2.53. The van der Waals surface area contributed by atoms with E-state index >= 15 is 0 Å². The Kier molecular flexibility index (Phi) is 5.06. The number of aliphatic hydroxyl groups is 1. The van der Waals surface area contributed by atoms with E-state index < -0.39 is 0 Å². The highest BCUT2D eigenvalue weighted by Crippen LogP contribution is 2.68. The van der Waals surface area contributed by atoms with Crippen molar-refractivity contribution < 1.29 is 14.6 Å². The normalized spacial score (nSPS) is 36.4. The molecular formula is C23H33NO3. The fourth-order valence-corrected chi connectivity index (χ4v) is 6.48. The first kappa shape index (κ1) is 18.9. The maximum absolute atomic E-state index is 12.3. The van der Waals surface area contributed by atoms with Crippen molar-refractivity contribution >= 4 is 5.91 Å². The van der Waals surface area contributed by atoms with Crippen LogP contribution < -0.4 is 5.32 Å². The number of aryl methyl sites for hydroxylation is 1. The molecule has 1 heterocycles. The highest BCUT2D eigenvalue weighted by molar-refractivity contribution is 5.76. The van der Waals surface area contributed by atoms with Crippen molar-refractivity contribution in [3.63, 3.8) is 0 Å². The first-order valence-electron chi connectivity index (χ1n) is 10.5. The van der Waals surface area contributed by atoms with Crippen molar-refractivity contribution in [2.45, 2.75) is 64.5 Å². The van der Waals surface area contributed by atoms with Gasteiger partial charge in [-0.15, -0.1) is 0 Å². The maximum atomic E-state index is 12.3. The summed E-state index contributed by atoms with van der Waals surface area (Å²) in [5.41, 5.74) is 1.65. The molecule has 0 aromatic heterocycles. The Morgan fingerprint density at radius 2 is 2.07 bits per heavy atom. The average molecular weight is 372 g/mol. The van der Waals surface area contributed by atoms with Crippen LogP contribution in [0.4, 0.5) is 0 Å². The van der Waals surface area contributed by atoms with Crippen molar-refractivity contribution in [3.8, 4) is 0 Å². The van der Waals surface area contributed by atoms with Crippen LogP contribution in [0.1, 0.15) is 51.5 Å². The molecule has 148 valence electrons. The minimum absolute atomic E-state index is 0.0106. The third-order valence-electron chi connectivity index (χ3n) is 7.83. The second-order valence-electron chi connectivity index (χ2n) is 9.46. The smallest absolute Gasteiger partial charge is 0.222 e. The Morgan fingerprint density at radius 1 is 1.30 bits per heavy atom. The van der Waals surface area contributed by atoms with Crippen molar-refractivity contribution in [1.29, 1.82) is 0 Å². The highest BCUT2D eigenvalue weighted by Gasteiger charge is 2.68. The fraction of sp³-hybridized carbons (Fsp3) is 0.696. The lowest BCUT2D eigenvalue weighted by molar-refractivity contribution is -0.137. The molecule has 27 heavy (non-hydrogen) atoms. The van der Waals surface area contributed by atoms with Gasteiger partial charge in [-0.05, 0) is 60.3 Å². The molecule has 5 atom stereocenters. The molecule has 1 aromatic rings. The second-order valence-corrected chi connectivity index (χ2v) is 9.46. The van der Waals surface area contributed by atoms with E-state index in [1.165, 1.54) is 18.4 Å². The predicted octanol–water partition coefficient (Wildman–Crippen LogP) is 3.33. The summed E-state index contributed by atoms with van der Waals surface area (Å²) in [5, 5.41) is 12.5. The number of carbonyl (C=O) groups excluding carboxylic acids is 1. The summed E-state index contributed by atoms with van der Waals surface area (Å²) in [6.07, 6.45) is 6.07. The number of ether oxygens (including phenoxy) is 1. The predicted molar refractivity (Wildman–Crippen MR) is 105 cm³/mol. The number of hydrogen-bond acceptors (Lipinski definition) is 3. The number of amides is 1. The third kappa shape index (κ3) is 3.21. The van der Waals surface area contributed by atoms with Crippen LogP contribution in [0.25, 0.3) is 0 Å². The highest BCUT2D eigenvalue weighted by atomic mass is 16.5. The molecule has 1 aromatic carbocycles. The molecule has 4 rings (SSSR count). The van der Waals surface area contributed by atoms with E-state index in [0.29, 0.717) is 11.8 Å². The van der Waals surface area contributed by atoms with E-state index in [9.17, 15) is 4.79 Å². The van der Waals surface area contributed by atoms with Crippen LogP contribution in [-0.4, -0.2) is 36.4 Å². The third-order valence-corrected chi connectivity index (χ3v) is 7.83. The van der Waals surface area contributed by atoms with Gasteiger partial charge in [-0.1, -0.05) is 44.2 Å². The average Bonchev–Trinajstić information content (AvgIpc) is 3.14. The first-order chi connectivity index (χ1) is 13.0. The molecule has 1 spiro atoms. The quantitative estimate of drug-likeness (QED) is 0.806. The minimum Gasteiger partial charge on any atom is -0.396 e. The van der Waals surface area contributed by atoms with E-state index in [1.54, 1.807) is 0 Å². The zero-order valence-electron chi connectivity index (χ0n) is 16.6. The van der Waals surface area contributed by atoms with Crippen molar-refractivity contribution in [3.05, 3.63) is 35.9 Å². The minimum atomic E-state index is -0.0817. The molecule has 1 aliphatic heterocycles. The Labute approximate surface area is 162 Å². The molecule has 2 aliphatic carbocycles. The Bertz CT molecular complexity index is 673. The SMILES string of the molecule is CC1(C)[C@@H]2C[C@@H]3[C@@H](CCc4ccccc4)OCC[C@]3(C2)[C@H]1NC(=O)CCO. The first-order valence-corrected chi connectivity index (χ1v) is 10.5. The number of rotatable bonds is 6. The molecule has 3 aliphatic rings. The molecule has 2 bridgehead atoms. The van der Waals surface area contributed by atoms with Gasteiger partial charge in [0.2, 0.25) is 5.91 Å². The Balaban J connectivity index is 1.52. The summed E-state index contributed by atoms with van der Waals surface area (Å²) < 4.78 is 6.28. The monoisotopic (exact) mass is 371 g/mol. The molecular weight excluding hydrogens is 338 g/mol. The van der Waals surface area contributed by atoms with Crippen LogP contribution in [0.2, 0.25) is 0 Å². The summed E-state index contributed by atoms with van der Waals surface area (Å²) in [4.78, 5) is 12.3. The fourth-order valence-electron chi connectivity index (χ4n) is 6.48. The van der Waals surface area contributed by atoms with E-state index in [2.05, 4.69) is 49.5 Å². The van der Waals surface area contributed by atoms with Crippen LogP contribution in [0.5, 0.6) is 0 Å². The molecule has 3 fully saturated rings. The zero-order chi connectivity index (χ0) is 19.1. The summed E-state index contributed by atoms with van der Waals surface area (Å²) in [5.74, 6) is 1.17. The molecule has 1 amide bonds. The molecule has 0 unspecified atom stereocenters. The van der Waals surface area contributed by atoms with Crippen LogP contribution in [0.3, 0.4) is 0 Å². The van der Waals surface area contributed by atoms with E-state index in [0.717, 1.165) is 25.9 Å². The van der Waals surface area contributed by atoms with E-state index in [-0.39, 0.29) is 41.9 Å². The topological polar surface area (TPSA) is 58.6 Å². The van der Waals surface area contributed by atoms with Crippen LogP contribution in [0.15, 0.2) is 30.3 Å². The number of hydrogen-bond donors (Lipinski definition) is 2. The summed E-state index contributed by atoms with van der Waals surface area (Å²) >= 11 is 0. The van der Waals surface area contributed by atoms with Gasteiger partial charge in [-0.2, -0.15) is 0 Å². The standard InChI is InChI=1S/C23H33NO3/c1-22(2)17-14-18-19(9-8-16-6-4-3-5-7-16)27-13-11-23(18,15-17)21(22)24-20(26)10-12-25/h3-7,17-19,21,25H,8-15H2,1-2H3,(H,24,26)/t17-,18-,19-,21+,23-/m1/s1. The van der Waals surface area contributed by atoms with Gasteiger partial charge in [0.25, 0.3) is 0 Å². The lowest BCUT2D eigenvalue weighted by Crippen LogP contribution is -2.60. The van der Waals surface area contributed by atoms with E-state index in [1.807, 2.05) is 0 Å². The zero-order valence-corrected chi connectivity index (χ0v) is 16.6. The van der Waals surface area contributed by atoms with Gasteiger partial charge < -0.3 is 15.2 Å². The lowest BCUT2D eigenvalue weighted by atomic mass is 9.59. The van der Waals surface area contributed by atoms with E-state index in [4.69, 9.17) is 9.84 Å². The number of nitrogens with one attached hydrogen (secondary N) is 1.